The molecule has 0 aliphatic heterocycles. The molecule has 0 bridgehead atoms. The van der Waals surface area contributed by atoms with Gasteiger partial charge in [-0.2, -0.15) is 13.9 Å². The third kappa shape index (κ3) is 3.97. The van der Waals surface area contributed by atoms with Gasteiger partial charge in [0.25, 0.3) is 5.91 Å². The van der Waals surface area contributed by atoms with E-state index in [1.54, 1.807) is 0 Å². The number of nitrogens with zero attached hydrogens (tertiary/aromatic N) is 5. The maximum atomic E-state index is 13.0. The largest absolute Gasteiger partial charge is 0.333 e. The van der Waals surface area contributed by atoms with Crippen LogP contribution < -0.4 is 5.32 Å². The highest BCUT2D eigenvalue weighted by Crippen LogP contribution is 2.18. The molecule has 0 saturated heterocycles. The Balaban J connectivity index is 1.67. The number of benzene rings is 1. The normalized spacial score (nSPS) is 11.1. The van der Waals surface area contributed by atoms with Gasteiger partial charge in [-0.05, 0) is 23.8 Å². The molecular weight excluding hydrogens is 361 g/mol. The molecule has 1 amide bonds. The van der Waals surface area contributed by atoms with Crippen LogP contribution in [0.25, 0.3) is 0 Å². The molecule has 25 heavy (non-hydrogen) atoms. The van der Waals surface area contributed by atoms with Gasteiger partial charge < -0.3 is 0 Å². The Bertz CT molecular complexity index is 910. The standard InChI is InChI=1S/C14H10ClF3N6O/c15-10-5-9(16)2-1-8(10)6-23-7-19-14(22-23)20-12(25)11-3-4-24(21-11)13(17)18/h1-5,7,13H,6H2,(H,20,22,25). The van der Waals surface area contributed by atoms with Crippen LogP contribution in [0.15, 0.2) is 36.8 Å². The summed E-state index contributed by atoms with van der Waals surface area (Å²) < 4.78 is 39.7. The van der Waals surface area contributed by atoms with Crippen LogP contribution in [0.1, 0.15) is 22.6 Å². The number of hydrogen-bond acceptors (Lipinski definition) is 4. The second-order valence-corrected chi connectivity index (χ2v) is 5.32. The zero-order chi connectivity index (χ0) is 18.0. The highest BCUT2D eigenvalue weighted by Gasteiger charge is 2.15. The van der Waals surface area contributed by atoms with Gasteiger partial charge in [-0.15, -0.1) is 5.10 Å². The van der Waals surface area contributed by atoms with E-state index in [9.17, 15) is 18.0 Å². The van der Waals surface area contributed by atoms with Crippen molar-refractivity contribution in [3.63, 3.8) is 0 Å². The summed E-state index contributed by atoms with van der Waals surface area (Å²) in [7, 11) is 0. The molecule has 3 rings (SSSR count). The quantitative estimate of drug-likeness (QED) is 0.749. The summed E-state index contributed by atoms with van der Waals surface area (Å²) in [4.78, 5) is 15.8. The molecule has 1 aromatic carbocycles. The number of aromatic nitrogens is 5. The fourth-order valence-corrected chi connectivity index (χ4v) is 2.21. The number of anilines is 1. The molecule has 0 radical (unpaired) electrons. The third-order valence-corrected chi connectivity index (χ3v) is 3.50. The number of amides is 1. The highest BCUT2D eigenvalue weighted by molar-refractivity contribution is 6.31. The van der Waals surface area contributed by atoms with Crippen LogP contribution in [0.5, 0.6) is 0 Å². The summed E-state index contributed by atoms with van der Waals surface area (Å²) in [6.07, 6.45) is 2.33. The lowest BCUT2D eigenvalue weighted by molar-refractivity contribution is 0.0561. The monoisotopic (exact) mass is 370 g/mol. The molecule has 7 nitrogen and oxygen atoms in total. The smallest absolute Gasteiger partial charge is 0.288 e. The summed E-state index contributed by atoms with van der Waals surface area (Å²) >= 11 is 5.94. The molecule has 1 N–H and O–H groups in total. The molecule has 0 unspecified atom stereocenters. The van der Waals surface area contributed by atoms with E-state index in [4.69, 9.17) is 11.6 Å². The summed E-state index contributed by atoms with van der Waals surface area (Å²) in [6, 6.07) is 5.10. The Labute approximate surface area is 144 Å². The van der Waals surface area contributed by atoms with Gasteiger partial charge in [0.15, 0.2) is 5.69 Å². The van der Waals surface area contributed by atoms with Crippen LogP contribution in [-0.2, 0) is 6.54 Å². The maximum Gasteiger partial charge on any atom is 0.333 e. The lowest BCUT2D eigenvalue weighted by atomic mass is 10.2. The fraction of sp³-hybridized carbons (Fsp3) is 0.143. The minimum atomic E-state index is -2.83. The van der Waals surface area contributed by atoms with E-state index in [1.165, 1.54) is 29.2 Å². The van der Waals surface area contributed by atoms with E-state index in [-0.39, 0.29) is 23.2 Å². The number of halogens is 4. The molecule has 0 fully saturated rings. The summed E-state index contributed by atoms with van der Waals surface area (Å²) in [5.74, 6) is -1.21. The van der Waals surface area contributed by atoms with Gasteiger partial charge in [-0.3, -0.25) is 10.1 Å². The molecule has 11 heteroatoms. The van der Waals surface area contributed by atoms with Gasteiger partial charge in [-0.25, -0.2) is 18.7 Å². The van der Waals surface area contributed by atoms with Gasteiger partial charge in [0.2, 0.25) is 5.95 Å². The Kier molecular flexibility index (Phi) is 4.70. The Hall–Kier alpha value is -2.88. The second kappa shape index (κ2) is 6.93. The van der Waals surface area contributed by atoms with Crippen molar-refractivity contribution in [1.82, 2.24) is 24.5 Å². The summed E-state index contributed by atoms with van der Waals surface area (Å²) in [5.41, 5.74) is 0.416. The van der Waals surface area contributed by atoms with Crippen molar-refractivity contribution in [3.8, 4) is 0 Å². The van der Waals surface area contributed by atoms with Crippen LogP contribution >= 0.6 is 11.6 Å². The number of nitrogens with one attached hydrogen (secondary N) is 1. The van der Waals surface area contributed by atoms with Crippen LogP contribution in [0.3, 0.4) is 0 Å². The van der Waals surface area contributed by atoms with Crippen LogP contribution in [0, 0.1) is 5.82 Å². The average Bonchev–Trinajstić information content (AvgIpc) is 3.19. The predicted molar refractivity (Wildman–Crippen MR) is 82.0 cm³/mol. The van der Waals surface area contributed by atoms with E-state index in [2.05, 4.69) is 20.5 Å². The highest BCUT2D eigenvalue weighted by atomic mass is 35.5. The molecule has 2 aromatic heterocycles. The van der Waals surface area contributed by atoms with E-state index in [1.807, 2.05) is 0 Å². The molecule has 0 spiro atoms. The van der Waals surface area contributed by atoms with Gasteiger partial charge in [-0.1, -0.05) is 17.7 Å². The van der Waals surface area contributed by atoms with E-state index < -0.39 is 18.3 Å². The predicted octanol–water partition coefficient (Wildman–Crippen LogP) is 2.96. The second-order valence-electron chi connectivity index (χ2n) is 4.91. The number of alkyl halides is 2. The zero-order valence-electron chi connectivity index (χ0n) is 12.4. The Morgan fingerprint density at radius 1 is 1.28 bits per heavy atom. The van der Waals surface area contributed by atoms with Crippen LogP contribution in [0.4, 0.5) is 19.1 Å². The molecule has 0 atom stereocenters. The van der Waals surface area contributed by atoms with Gasteiger partial charge in [0.05, 0.1) is 6.54 Å². The lowest BCUT2D eigenvalue weighted by Crippen LogP contribution is -2.15. The number of rotatable bonds is 5. The maximum absolute atomic E-state index is 13.0. The molecule has 130 valence electrons. The fourth-order valence-electron chi connectivity index (χ4n) is 1.99. The van der Waals surface area contributed by atoms with Crippen LogP contribution in [-0.4, -0.2) is 30.5 Å². The van der Waals surface area contributed by atoms with Crippen LogP contribution in [0.2, 0.25) is 5.02 Å². The number of carbonyl (C=O) groups is 1. The van der Waals surface area contributed by atoms with Crippen molar-refractivity contribution < 1.29 is 18.0 Å². The minimum absolute atomic E-state index is 0.0326. The molecule has 0 aliphatic rings. The summed E-state index contributed by atoms with van der Waals surface area (Å²) in [6.45, 7) is -2.62. The first-order valence-electron chi connectivity index (χ1n) is 6.90. The molecule has 0 saturated carbocycles. The topological polar surface area (TPSA) is 77.6 Å². The first-order chi connectivity index (χ1) is 11.9. The van der Waals surface area contributed by atoms with Crippen molar-refractivity contribution in [3.05, 3.63) is 58.9 Å². The minimum Gasteiger partial charge on any atom is -0.288 e. The molecule has 0 aliphatic carbocycles. The van der Waals surface area contributed by atoms with Crippen molar-refractivity contribution in [2.45, 2.75) is 13.1 Å². The first-order valence-corrected chi connectivity index (χ1v) is 7.28. The average molecular weight is 371 g/mol. The lowest BCUT2D eigenvalue weighted by Gasteiger charge is -2.04. The Morgan fingerprint density at radius 2 is 2.08 bits per heavy atom. The molecule has 3 aromatic rings. The third-order valence-electron chi connectivity index (χ3n) is 3.15. The molecule has 2 heterocycles. The SMILES string of the molecule is O=C(Nc1ncn(Cc2ccc(F)cc2Cl)n1)c1ccn(C(F)F)n1. The van der Waals surface area contributed by atoms with Crippen molar-refractivity contribution in [2.24, 2.45) is 0 Å². The number of carbonyl (C=O) groups excluding carboxylic acids is 1. The first kappa shape index (κ1) is 17.0. The van der Waals surface area contributed by atoms with E-state index in [0.717, 1.165) is 12.3 Å². The Morgan fingerprint density at radius 3 is 2.76 bits per heavy atom. The number of hydrogen-bond donors (Lipinski definition) is 1. The van der Waals surface area contributed by atoms with Gasteiger partial charge in [0.1, 0.15) is 12.1 Å². The molecular formula is C14H10ClF3N6O. The van der Waals surface area contributed by atoms with Crippen molar-refractivity contribution in [2.75, 3.05) is 5.32 Å². The van der Waals surface area contributed by atoms with Crippen molar-refractivity contribution in [1.29, 1.82) is 0 Å². The van der Waals surface area contributed by atoms with E-state index in [0.29, 0.717) is 10.2 Å². The summed E-state index contributed by atoms with van der Waals surface area (Å²) in [5, 5.41) is 10.0. The van der Waals surface area contributed by atoms with Gasteiger partial charge >= 0.3 is 6.55 Å². The van der Waals surface area contributed by atoms with E-state index >= 15 is 0 Å². The van der Waals surface area contributed by atoms with Gasteiger partial charge in [0, 0.05) is 11.2 Å². The van der Waals surface area contributed by atoms with Crippen molar-refractivity contribution >= 4 is 23.5 Å². The zero-order valence-corrected chi connectivity index (χ0v) is 13.2.